The minimum absolute atomic E-state index is 0.558. The molecule has 2 heterocycles. The Morgan fingerprint density at radius 1 is 1.12 bits per heavy atom. The zero-order valence-corrected chi connectivity index (χ0v) is 15.1. The van der Waals surface area contributed by atoms with Crippen LogP contribution < -0.4 is 10.6 Å². The van der Waals surface area contributed by atoms with Crippen LogP contribution in [0.3, 0.4) is 0 Å². The smallest absolute Gasteiger partial charge is 0.191 e. The van der Waals surface area contributed by atoms with Gasteiger partial charge in [-0.15, -0.1) is 0 Å². The molecule has 0 fully saturated rings. The Hall–Kier alpha value is -3.16. The lowest BCUT2D eigenvalue weighted by Gasteiger charge is -2.10. The number of aliphatic imine (C=N–C) groups is 1. The molecule has 2 aromatic heterocycles. The monoisotopic (exact) mass is 352 g/mol. The summed E-state index contributed by atoms with van der Waals surface area (Å²) in [4.78, 5) is 8.82. The summed E-state index contributed by atoms with van der Waals surface area (Å²) < 4.78 is 3.67. The van der Waals surface area contributed by atoms with Gasteiger partial charge in [0, 0.05) is 25.4 Å². The van der Waals surface area contributed by atoms with Crippen LogP contribution in [0.5, 0.6) is 0 Å². The molecule has 0 aliphatic carbocycles. The van der Waals surface area contributed by atoms with Gasteiger partial charge in [-0.3, -0.25) is 9.36 Å². The van der Waals surface area contributed by atoms with Gasteiger partial charge in [0.15, 0.2) is 5.96 Å². The van der Waals surface area contributed by atoms with E-state index in [0.717, 1.165) is 30.4 Å². The van der Waals surface area contributed by atoms with Gasteiger partial charge in [-0.25, -0.2) is 9.98 Å². The molecule has 8 heteroatoms. The van der Waals surface area contributed by atoms with E-state index in [4.69, 9.17) is 0 Å². The molecule has 0 radical (unpaired) electrons. The molecule has 0 unspecified atom stereocenters. The van der Waals surface area contributed by atoms with Crippen LogP contribution in [0.2, 0.25) is 0 Å². The highest BCUT2D eigenvalue weighted by molar-refractivity contribution is 5.79. The average molecular weight is 352 g/mol. The SMILES string of the molecule is CCNC(=NCc1cnn(Cc2ccccc2)c1)NCc1ncnn1C. The Labute approximate surface area is 153 Å². The maximum absolute atomic E-state index is 4.62. The maximum atomic E-state index is 4.62. The molecule has 1 aromatic carbocycles. The van der Waals surface area contributed by atoms with Gasteiger partial charge in [-0.1, -0.05) is 30.3 Å². The lowest BCUT2D eigenvalue weighted by molar-refractivity contribution is 0.673. The predicted molar refractivity (Wildman–Crippen MR) is 100 cm³/mol. The minimum Gasteiger partial charge on any atom is -0.357 e. The lowest BCUT2D eigenvalue weighted by Crippen LogP contribution is -2.37. The molecule has 0 saturated heterocycles. The Morgan fingerprint density at radius 3 is 2.69 bits per heavy atom. The molecular weight excluding hydrogens is 328 g/mol. The van der Waals surface area contributed by atoms with E-state index in [2.05, 4.69) is 42.9 Å². The van der Waals surface area contributed by atoms with Gasteiger partial charge in [0.2, 0.25) is 0 Å². The maximum Gasteiger partial charge on any atom is 0.191 e. The normalized spacial score (nSPS) is 11.5. The molecule has 0 amide bonds. The van der Waals surface area contributed by atoms with E-state index in [-0.39, 0.29) is 0 Å². The zero-order chi connectivity index (χ0) is 18.2. The zero-order valence-electron chi connectivity index (χ0n) is 15.1. The van der Waals surface area contributed by atoms with Crippen molar-refractivity contribution in [3.8, 4) is 0 Å². The van der Waals surface area contributed by atoms with Crippen LogP contribution in [-0.2, 0) is 26.7 Å². The third kappa shape index (κ3) is 4.92. The van der Waals surface area contributed by atoms with Crippen molar-refractivity contribution in [3.05, 3.63) is 66.0 Å². The van der Waals surface area contributed by atoms with Crippen molar-refractivity contribution in [2.45, 2.75) is 26.6 Å². The first kappa shape index (κ1) is 17.7. The van der Waals surface area contributed by atoms with Crippen LogP contribution in [0.25, 0.3) is 0 Å². The van der Waals surface area contributed by atoms with Crippen LogP contribution in [0.1, 0.15) is 23.9 Å². The molecule has 3 rings (SSSR count). The minimum atomic E-state index is 0.558. The third-order valence-corrected chi connectivity index (χ3v) is 3.86. The summed E-state index contributed by atoms with van der Waals surface area (Å²) in [5, 5.41) is 15.0. The average Bonchev–Trinajstić information content (AvgIpc) is 3.27. The van der Waals surface area contributed by atoms with Crippen LogP contribution in [0.4, 0.5) is 0 Å². The van der Waals surface area contributed by atoms with E-state index in [9.17, 15) is 0 Å². The second-order valence-electron chi connectivity index (χ2n) is 5.88. The highest BCUT2D eigenvalue weighted by Gasteiger charge is 2.04. The van der Waals surface area contributed by atoms with E-state index < -0.39 is 0 Å². The predicted octanol–water partition coefficient (Wildman–Crippen LogP) is 1.32. The molecule has 0 spiro atoms. The highest BCUT2D eigenvalue weighted by atomic mass is 15.3. The summed E-state index contributed by atoms with van der Waals surface area (Å²) in [7, 11) is 1.87. The molecule has 136 valence electrons. The number of hydrogen-bond donors (Lipinski definition) is 2. The molecule has 0 saturated carbocycles. The molecule has 0 aliphatic heterocycles. The van der Waals surface area contributed by atoms with Crippen molar-refractivity contribution in [3.63, 3.8) is 0 Å². The molecule has 0 bridgehead atoms. The lowest BCUT2D eigenvalue weighted by atomic mass is 10.2. The van der Waals surface area contributed by atoms with E-state index >= 15 is 0 Å². The topological polar surface area (TPSA) is 84.9 Å². The summed E-state index contributed by atoms with van der Waals surface area (Å²) >= 11 is 0. The van der Waals surface area contributed by atoms with Crippen molar-refractivity contribution in [2.24, 2.45) is 12.0 Å². The Balaban J connectivity index is 1.58. The Kier molecular flexibility index (Phi) is 5.97. The first-order chi connectivity index (χ1) is 12.7. The van der Waals surface area contributed by atoms with Crippen LogP contribution >= 0.6 is 0 Å². The third-order valence-electron chi connectivity index (χ3n) is 3.86. The van der Waals surface area contributed by atoms with Gasteiger partial charge in [-0.2, -0.15) is 10.2 Å². The van der Waals surface area contributed by atoms with Crippen molar-refractivity contribution in [1.82, 2.24) is 35.2 Å². The fourth-order valence-corrected chi connectivity index (χ4v) is 2.50. The first-order valence-corrected chi connectivity index (χ1v) is 8.65. The van der Waals surface area contributed by atoms with Gasteiger partial charge >= 0.3 is 0 Å². The van der Waals surface area contributed by atoms with Crippen molar-refractivity contribution >= 4 is 5.96 Å². The fraction of sp³-hybridized carbons (Fsp3) is 0.333. The van der Waals surface area contributed by atoms with E-state index in [0.29, 0.717) is 13.1 Å². The molecule has 2 N–H and O–H groups in total. The van der Waals surface area contributed by atoms with Crippen LogP contribution in [0, 0.1) is 0 Å². The van der Waals surface area contributed by atoms with Gasteiger partial charge in [-0.05, 0) is 12.5 Å². The molecule has 0 aliphatic rings. The summed E-state index contributed by atoms with van der Waals surface area (Å²) in [5.74, 6) is 1.59. The first-order valence-electron chi connectivity index (χ1n) is 8.65. The van der Waals surface area contributed by atoms with E-state index in [1.54, 1.807) is 11.0 Å². The fourth-order valence-electron chi connectivity index (χ4n) is 2.50. The summed E-state index contributed by atoms with van der Waals surface area (Å²) in [5.41, 5.74) is 2.29. The number of nitrogens with one attached hydrogen (secondary N) is 2. The quantitative estimate of drug-likeness (QED) is 0.495. The van der Waals surface area contributed by atoms with Gasteiger partial charge < -0.3 is 10.6 Å². The standard InChI is InChI=1S/C18H24N8/c1-3-19-18(21-11-17-22-14-24-25(17)2)20-9-16-10-23-26(13-16)12-15-7-5-4-6-8-15/h4-8,10,13-14H,3,9,11-12H2,1-2H3,(H2,19,20,21). The largest absolute Gasteiger partial charge is 0.357 e. The number of aryl methyl sites for hydroxylation is 1. The molecule has 26 heavy (non-hydrogen) atoms. The second kappa shape index (κ2) is 8.80. The van der Waals surface area contributed by atoms with Crippen LogP contribution in [0.15, 0.2) is 54.0 Å². The molecule has 0 atom stereocenters. The summed E-state index contributed by atoms with van der Waals surface area (Å²) in [6.07, 6.45) is 5.43. The number of nitrogens with zero attached hydrogens (tertiary/aromatic N) is 6. The highest BCUT2D eigenvalue weighted by Crippen LogP contribution is 2.05. The number of guanidine groups is 1. The van der Waals surface area contributed by atoms with Crippen LogP contribution in [-0.4, -0.2) is 37.0 Å². The van der Waals surface area contributed by atoms with E-state index in [1.807, 2.05) is 49.2 Å². The van der Waals surface area contributed by atoms with Crippen molar-refractivity contribution in [1.29, 1.82) is 0 Å². The number of benzene rings is 1. The molecule has 3 aromatic rings. The molecular formula is C18H24N8. The summed E-state index contributed by atoms with van der Waals surface area (Å²) in [6.45, 7) is 4.71. The number of rotatable bonds is 7. The second-order valence-corrected chi connectivity index (χ2v) is 5.88. The number of aromatic nitrogens is 5. The summed E-state index contributed by atoms with van der Waals surface area (Å²) in [6, 6.07) is 10.3. The Bertz CT molecular complexity index is 834. The van der Waals surface area contributed by atoms with Gasteiger partial charge in [0.1, 0.15) is 12.2 Å². The number of hydrogen-bond acceptors (Lipinski definition) is 4. The van der Waals surface area contributed by atoms with Gasteiger partial charge in [0.05, 0.1) is 25.8 Å². The molecule has 8 nitrogen and oxygen atoms in total. The van der Waals surface area contributed by atoms with E-state index in [1.165, 1.54) is 5.56 Å². The Morgan fingerprint density at radius 2 is 1.96 bits per heavy atom. The van der Waals surface area contributed by atoms with Crippen molar-refractivity contribution in [2.75, 3.05) is 6.54 Å². The van der Waals surface area contributed by atoms with Gasteiger partial charge in [0.25, 0.3) is 0 Å². The van der Waals surface area contributed by atoms with Crippen molar-refractivity contribution < 1.29 is 0 Å².